The molecule has 5 heteroatoms. The molecule has 2 N–H and O–H groups in total. The van der Waals surface area contributed by atoms with E-state index in [4.69, 9.17) is 10.5 Å². The minimum absolute atomic E-state index is 0.00265. The third-order valence-electron chi connectivity index (χ3n) is 3.19. The Hall–Kier alpha value is -0.710. The number of alkyl halides is 2. The van der Waals surface area contributed by atoms with Gasteiger partial charge in [0.2, 0.25) is 5.92 Å². The van der Waals surface area contributed by atoms with Crippen molar-refractivity contribution in [3.05, 3.63) is 0 Å². The zero-order chi connectivity index (χ0) is 14.0. The van der Waals surface area contributed by atoms with Crippen molar-refractivity contribution in [2.45, 2.75) is 70.4 Å². The molecule has 0 amide bonds. The van der Waals surface area contributed by atoms with E-state index in [2.05, 4.69) is 0 Å². The number of ether oxygens (including phenoxy) is 1. The summed E-state index contributed by atoms with van der Waals surface area (Å²) in [6.07, 6.45) is 0.626. The Labute approximate surface area is 107 Å². The Morgan fingerprint density at radius 2 is 1.89 bits per heavy atom. The van der Waals surface area contributed by atoms with E-state index in [1.54, 1.807) is 20.8 Å². The van der Waals surface area contributed by atoms with Crippen molar-refractivity contribution < 1.29 is 18.3 Å². The first-order valence-corrected chi connectivity index (χ1v) is 6.44. The molecule has 1 unspecified atom stereocenters. The largest absolute Gasteiger partial charge is 0.460 e. The minimum Gasteiger partial charge on any atom is -0.460 e. The van der Waals surface area contributed by atoms with Gasteiger partial charge in [-0.05, 0) is 39.5 Å². The number of rotatable bonds is 3. The summed E-state index contributed by atoms with van der Waals surface area (Å²) in [6, 6.07) is -0.379. The van der Waals surface area contributed by atoms with Crippen molar-refractivity contribution in [1.82, 2.24) is 0 Å². The molecule has 1 atom stereocenters. The van der Waals surface area contributed by atoms with Crippen LogP contribution in [-0.2, 0) is 9.53 Å². The van der Waals surface area contributed by atoms with Crippen LogP contribution >= 0.6 is 0 Å². The van der Waals surface area contributed by atoms with Crippen LogP contribution in [0.4, 0.5) is 8.78 Å². The average Bonchev–Trinajstić information content (AvgIpc) is 2.13. The van der Waals surface area contributed by atoms with E-state index >= 15 is 0 Å². The average molecular weight is 263 g/mol. The molecule has 3 nitrogen and oxygen atoms in total. The number of carbonyl (C=O) groups excluding carboxylic acids is 1. The van der Waals surface area contributed by atoms with Gasteiger partial charge in [0.05, 0.1) is 6.42 Å². The summed E-state index contributed by atoms with van der Waals surface area (Å²) < 4.78 is 31.2. The van der Waals surface area contributed by atoms with Crippen LogP contribution in [0, 0.1) is 5.92 Å². The summed E-state index contributed by atoms with van der Waals surface area (Å²) in [5.41, 5.74) is 5.38. The smallest absolute Gasteiger partial charge is 0.307 e. The maximum absolute atomic E-state index is 13.0. The monoisotopic (exact) mass is 263 g/mol. The van der Waals surface area contributed by atoms with Crippen LogP contribution < -0.4 is 5.73 Å². The maximum atomic E-state index is 13.0. The predicted octanol–water partition coefficient (Wildman–Crippen LogP) is 2.87. The van der Waals surface area contributed by atoms with Gasteiger partial charge in [-0.3, -0.25) is 4.79 Å². The fourth-order valence-electron chi connectivity index (χ4n) is 2.23. The van der Waals surface area contributed by atoms with Gasteiger partial charge in [0, 0.05) is 18.9 Å². The maximum Gasteiger partial charge on any atom is 0.307 e. The van der Waals surface area contributed by atoms with E-state index in [1.807, 2.05) is 0 Å². The van der Waals surface area contributed by atoms with Gasteiger partial charge in [0.1, 0.15) is 5.60 Å². The fraction of sp³-hybridized carbons (Fsp3) is 0.923. The number of halogens is 2. The lowest BCUT2D eigenvalue weighted by Gasteiger charge is -2.32. The number of hydrogen-bond acceptors (Lipinski definition) is 3. The molecule has 0 bridgehead atoms. The highest BCUT2D eigenvalue weighted by molar-refractivity contribution is 5.70. The molecule has 1 aliphatic rings. The Morgan fingerprint density at radius 1 is 1.39 bits per heavy atom. The molecule has 106 valence electrons. The molecule has 0 spiro atoms. The van der Waals surface area contributed by atoms with Gasteiger partial charge in [-0.15, -0.1) is 0 Å². The van der Waals surface area contributed by atoms with Crippen LogP contribution in [-0.4, -0.2) is 23.5 Å². The molecule has 0 radical (unpaired) electrons. The molecule has 1 rings (SSSR count). The van der Waals surface area contributed by atoms with Crippen molar-refractivity contribution in [1.29, 1.82) is 0 Å². The third-order valence-corrected chi connectivity index (χ3v) is 3.19. The second-order valence-corrected chi connectivity index (χ2v) is 6.15. The van der Waals surface area contributed by atoms with Gasteiger partial charge < -0.3 is 10.5 Å². The summed E-state index contributed by atoms with van der Waals surface area (Å²) in [7, 11) is 0. The van der Waals surface area contributed by atoms with E-state index < -0.39 is 11.5 Å². The molecule has 0 saturated heterocycles. The zero-order valence-corrected chi connectivity index (χ0v) is 11.3. The molecule has 1 fully saturated rings. The SMILES string of the molecule is CC(C)(C)OC(=O)CC(N)C1CCC(F)(F)CC1. The van der Waals surface area contributed by atoms with E-state index in [0.29, 0.717) is 12.8 Å². The van der Waals surface area contributed by atoms with Crippen molar-refractivity contribution in [2.75, 3.05) is 0 Å². The first-order chi connectivity index (χ1) is 8.09. The van der Waals surface area contributed by atoms with Gasteiger partial charge in [-0.25, -0.2) is 8.78 Å². The van der Waals surface area contributed by atoms with Crippen LogP contribution in [0.5, 0.6) is 0 Å². The van der Waals surface area contributed by atoms with Crippen LogP contribution in [0.25, 0.3) is 0 Å². The van der Waals surface area contributed by atoms with Gasteiger partial charge in [-0.1, -0.05) is 0 Å². The quantitative estimate of drug-likeness (QED) is 0.797. The van der Waals surface area contributed by atoms with Gasteiger partial charge >= 0.3 is 5.97 Å². The number of esters is 1. The summed E-state index contributed by atoms with van der Waals surface area (Å²) >= 11 is 0. The molecule has 0 aromatic heterocycles. The minimum atomic E-state index is -2.55. The Morgan fingerprint density at radius 3 is 2.33 bits per heavy atom. The fourth-order valence-corrected chi connectivity index (χ4v) is 2.23. The summed E-state index contributed by atoms with van der Waals surface area (Å²) in [5, 5.41) is 0. The van der Waals surface area contributed by atoms with Gasteiger partial charge in [0.25, 0.3) is 0 Å². The highest BCUT2D eigenvalue weighted by Crippen LogP contribution is 2.37. The normalized spacial score (nSPS) is 22.6. The molecule has 18 heavy (non-hydrogen) atoms. The number of nitrogens with two attached hydrogens (primary N) is 1. The topological polar surface area (TPSA) is 52.3 Å². The van der Waals surface area contributed by atoms with E-state index in [9.17, 15) is 13.6 Å². The van der Waals surface area contributed by atoms with Gasteiger partial charge in [0.15, 0.2) is 0 Å². The predicted molar refractivity (Wildman–Crippen MR) is 65.3 cm³/mol. The molecular weight excluding hydrogens is 240 g/mol. The third kappa shape index (κ3) is 5.29. The Kier molecular flexibility index (Phi) is 4.70. The van der Waals surface area contributed by atoms with Crippen molar-refractivity contribution in [3.8, 4) is 0 Å². The summed E-state index contributed by atoms with van der Waals surface area (Å²) in [6.45, 7) is 5.37. The highest BCUT2D eigenvalue weighted by Gasteiger charge is 2.37. The van der Waals surface area contributed by atoms with E-state index in [-0.39, 0.29) is 37.2 Å². The first kappa shape index (κ1) is 15.3. The van der Waals surface area contributed by atoms with Crippen LogP contribution in [0.1, 0.15) is 52.9 Å². The Bertz CT molecular complexity index is 290. The molecule has 1 aliphatic carbocycles. The summed E-state index contributed by atoms with van der Waals surface area (Å²) in [4.78, 5) is 11.6. The first-order valence-electron chi connectivity index (χ1n) is 6.44. The summed E-state index contributed by atoms with van der Waals surface area (Å²) in [5.74, 6) is -2.91. The van der Waals surface area contributed by atoms with Crippen LogP contribution in [0.3, 0.4) is 0 Å². The molecule has 0 heterocycles. The number of hydrogen-bond donors (Lipinski definition) is 1. The molecule has 1 saturated carbocycles. The lowest BCUT2D eigenvalue weighted by Crippen LogP contribution is -2.38. The van der Waals surface area contributed by atoms with E-state index in [1.165, 1.54) is 0 Å². The molecular formula is C13H23F2NO2. The molecule has 0 aromatic carbocycles. The van der Waals surface area contributed by atoms with E-state index in [0.717, 1.165) is 0 Å². The molecule has 0 aromatic rings. The Balaban J connectivity index is 2.38. The highest BCUT2D eigenvalue weighted by atomic mass is 19.3. The van der Waals surface area contributed by atoms with Crippen LogP contribution in [0.2, 0.25) is 0 Å². The van der Waals surface area contributed by atoms with Gasteiger partial charge in [-0.2, -0.15) is 0 Å². The van der Waals surface area contributed by atoms with Crippen molar-refractivity contribution in [2.24, 2.45) is 11.7 Å². The van der Waals surface area contributed by atoms with Crippen molar-refractivity contribution >= 4 is 5.97 Å². The second-order valence-electron chi connectivity index (χ2n) is 6.15. The van der Waals surface area contributed by atoms with Crippen molar-refractivity contribution in [3.63, 3.8) is 0 Å². The van der Waals surface area contributed by atoms with Crippen LogP contribution in [0.15, 0.2) is 0 Å². The standard InChI is InChI=1S/C13H23F2NO2/c1-12(2,3)18-11(17)8-10(16)9-4-6-13(14,15)7-5-9/h9-10H,4-8,16H2,1-3H3. The zero-order valence-electron chi connectivity index (χ0n) is 11.3. The second kappa shape index (κ2) is 5.51. The molecule has 0 aliphatic heterocycles. The number of carbonyl (C=O) groups is 1. The lowest BCUT2D eigenvalue weighted by molar-refractivity contribution is -0.155. The lowest BCUT2D eigenvalue weighted by atomic mass is 9.81.